The van der Waals surface area contributed by atoms with Crippen LogP contribution in [0.1, 0.15) is 0 Å². The molecule has 0 spiro atoms. The molecule has 0 aliphatic carbocycles. The highest BCUT2D eigenvalue weighted by Gasteiger charge is 2.12. The van der Waals surface area contributed by atoms with Crippen molar-refractivity contribution in [2.24, 2.45) is 0 Å². The number of para-hydroxylation sites is 2. The number of aryl methyl sites for hydroxylation is 2. The van der Waals surface area contributed by atoms with Crippen LogP contribution in [0.25, 0.3) is 11.0 Å². The number of thioether (sulfide) groups is 1. The zero-order chi connectivity index (χ0) is 14.7. The third-order valence-electron chi connectivity index (χ3n) is 2.97. The minimum absolute atomic E-state index is 0.00729. The van der Waals surface area contributed by atoms with Gasteiger partial charge in [0.05, 0.1) is 29.5 Å². The number of carboxylic acids is 1. The topological polar surface area (TPSA) is 85.8 Å². The number of carboxylic acid groups (broad SMARTS) is 1. The van der Waals surface area contributed by atoms with Crippen molar-refractivity contribution in [1.29, 1.82) is 0 Å². The van der Waals surface area contributed by atoms with E-state index in [0.29, 0.717) is 18.2 Å². The molecule has 3 aromatic rings. The lowest BCUT2D eigenvalue weighted by atomic mass is 10.3. The first kappa shape index (κ1) is 13.6. The molecular weight excluding hydrogens is 290 g/mol. The predicted molar refractivity (Wildman–Crippen MR) is 78.1 cm³/mol. The van der Waals surface area contributed by atoms with Gasteiger partial charge in [0.25, 0.3) is 0 Å². The van der Waals surface area contributed by atoms with Crippen molar-refractivity contribution in [3.63, 3.8) is 0 Å². The first-order valence-corrected chi connectivity index (χ1v) is 7.36. The molecule has 0 atom stereocenters. The summed E-state index contributed by atoms with van der Waals surface area (Å²) >= 11 is 1.23. The second-order valence-electron chi connectivity index (χ2n) is 4.38. The van der Waals surface area contributed by atoms with Gasteiger partial charge in [0.1, 0.15) is 0 Å². The van der Waals surface area contributed by atoms with Crippen molar-refractivity contribution >= 4 is 28.8 Å². The van der Waals surface area contributed by atoms with Crippen LogP contribution in [0.15, 0.2) is 41.8 Å². The smallest absolute Gasteiger partial charge is 0.313 e. The third kappa shape index (κ3) is 3.05. The quantitative estimate of drug-likeness (QED) is 0.695. The minimum atomic E-state index is -0.852. The Kier molecular flexibility index (Phi) is 3.87. The Morgan fingerprint density at radius 3 is 2.90 bits per heavy atom. The molecule has 0 aliphatic heterocycles. The largest absolute Gasteiger partial charge is 0.481 e. The number of fused-ring (bicyclic) bond motifs is 1. The van der Waals surface area contributed by atoms with E-state index in [4.69, 9.17) is 5.11 Å². The van der Waals surface area contributed by atoms with Crippen LogP contribution in [-0.2, 0) is 17.9 Å². The second-order valence-corrected chi connectivity index (χ2v) is 5.33. The molecule has 7 nitrogen and oxygen atoms in total. The fourth-order valence-corrected chi connectivity index (χ4v) is 2.82. The number of rotatable bonds is 6. The SMILES string of the molecule is O=C(O)CSc1nc2ccccc2n1CCn1ccnn1. The molecule has 0 bridgehead atoms. The summed E-state index contributed by atoms with van der Waals surface area (Å²) in [6.07, 6.45) is 3.43. The molecule has 2 heterocycles. The van der Waals surface area contributed by atoms with Crippen LogP contribution in [0.4, 0.5) is 0 Å². The molecule has 108 valence electrons. The molecule has 0 saturated carbocycles. The fourth-order valence-electron chi connectivity index (χ4n) is 2.06. The van der Waals surface area contributed by atoms with E-state index in [0.717, 1.165) is 11.0 Å². The van der Waals surface area contributed by atoms with Crippen molar-refractivity contribution in [2.75, 3.05) is 5.75 Å². The van der Waals surface area contributed by atoms with E-state index in [1.807, 2.05) is 28.8 Å². The summed E-state index contributed by atoms with van der Waals surface area (Å²) in [6.45, 7) is 1.31. The average molecular weight is 303 g/mol. The Morgan fingerprint density at radius 1 is 1.29 bits per heavy atom. The van der Waals surface area contributed by atoms with Crippen LogP contribution in [0.3, 0.4) is 0 Å². The van der Waals surface area contributed by atoms with Crippen LogP contribution in [0.2, 0.25) is 0 Å². The summed E-state index contributed by atoms with van der Waals surface area (Å²) in [5, 5.41) is 17.3. The van der Waals surface area contributed by atoms with E-state index in [1.165, 1.54) is 11.8 Å². The maximum atomic E-state index is 10.8. The Labute approximate surface area is 124 Å². The average Bonchev–Trinajstić information content (AvgIpc) is 3.10. The van der Waals surface area contributed by atoms with Crippen molar-refractivity contribution in [3.8, 4) is 0 Å². The van der Waals surface area contributed by atoms with Crippen LogP contribution in [0, 0.1) is 0 Å². The van der Waals surface area contributed by atoms with Gasteiger partial charge in [-0.15, -0.1) is 5.10 Å². The summed E-state index contributed by atoms with van der Waals surface area (Å²) in [4.78, 5) is 15.3. The van der Waals surface area contributed by atoms with Gasteiger partial charge in [-0.3, -0.25) is 9.48 Å². The summed E-state index contributed by atoms with van der Waals surface area (Å²) in [6, 6.07) is 7.77. The van der Waals surface area contributed by atoms with E-state index in [9.17, 15) is 4.79 Å². The van der Waals surface area contributed by atoms with Gasteiger partial charge in [0.2, 0.25) is 0 Å². The number of benzene rings is 1. The monoisotopic (exact) mass is 303 g/mol. The van der Waals surface area contributed by atoms with E-state index >= 15 is 0 Å². The van der Waals surface area contributed by atoms with Gasteiger partial charge in [0.15, 0.2) is 5.16 Å². The number of aromatic nitrogens is 5. The van der Waals surface area contributed by atoms with Crippen molar-refractivity contribution in [3.05, 3.63) is 36.7 Å². The van der Waals surface area contributed by atoms with Gasteiger partial charge < -0.3 is 9.67 Å². The molecule has 0 radical (unpaired) electrons. The third-order valence-corrected chi connectivity index (χ3v) is 3.93. The van der Waals surface area contributed by atoms with Gasteiger partial charge in [0, 0.05) is 12.7 Å². The molecule has 8 heteroatoms. The number of hydrogen-bond acceptors (Lipinski definition) is 5. The van der Waals surface area contributed by atoms with Crippen LogP contribution in [0.5, 0.6) is 0 Å². The predicted octanol–water partition coefficient (Wildman–Crippen LogP) is 1.50. The standard InChI is InChI=1S/C13H13N5O2S/c19-12(20)9-21-13-15-10-3-1-2-4-11(10)18(13)8-7-17-6-5-14-16-17/h1-6H,7-9H2,(H,19,20). The summed E-state index contributed by atoms with van der Waals surface area (Å²) < 4.78 is 3.75. The van der Waals surface area contributed by atoms with Crippen molar-refractivity contribution in [1.82, 2.24) is 24.5 Å². The summed E-state index contributed by atoms with van der Waals surface area (Å²) in [7, 11) is 0. The number of aliphatic carboxylic acids is 1. The molecule has 21 heavy (non-hydrogen) atoms. The van der Waals surface area contributed by atoms with E-state index in [-0.39, 0.29) is 5.75 Å². The maximum Gasteiger partial charge on any atom is 0.313 e. The van der Waals surface area contributed by atoms with Gasteiger partial charge in [-0.05, 0) is 12.1 Å². The number of imidazole rings is 1. The molecule has 0 amide bonds. The number of carbonyl (C=O) groups is 1. The number of nitrogens with zero attached hydrogens (tertiary/aromatic N) is 5. The Bertz CT molecular complexity index is 753. The molecular formula is C13H13N5O2S. The zero-order valence-corrected chi connectivity index (χ0v) is 11.9. The lowest BCUT2D eigenvalue weighted by Crippen LogP contribution is -2.10. The van der Waals surface area contributed by atoms with Crippen LogP contribution in [-0.4, -0.2) is 41.4 Å². The molecule has 0 aliphatic rings. The molecule has 2 aromatic heterocycles. The van der Waals surface area contributed by atoms with Crippen LogP contribution >= 0.6 is 11.8 Å². The fraction of sp³-hybridized carbons (Fsp3) is 0.231. The van der Waals surface area contributed by atoms with E-state index < -0.39 is 5.97 Å². The Hall–Kier alpha value is -2.35. The van der Waals surface area contributed by atoms with Gasteiger partial charge in [-0.1, -0.05) is 29.1 Å². The molecule has 0 unspecified atom stereocenters. The lowest BCUT2D eigenvalue weighted by Gasteiger charge is -2.08. The second kappa shape index (κ2) is 5.96. The Morgan fingerprint density at radius 2 is 2.14 bits per heavy atom. The first-order valence-electron chi connectivity index (χ1n) is 6.38. The lowest BCUT2D eigenvalue weighted by molar-refractivity contribution is -0.133. The zero-order valence-electron chi connectivity index (χ0n) is 11.1. The highest BCUT2D eigenvalue weighted by Crippen LogP contribution is 2.24. The van der Waals surface area contributed by atoms with Gasteiger partial charge in [-0.2, -0.15) is 0 Å². The molecule has 0 saturated heterocycles. The summed E-state index contributed by atoms with van der Waals surface area (Å²) in [5.41, 5.74) is 1.86. The van der Waals surface area contributed by atoms with Crippen molar-refractivity contribution < 1.29 is 9.90 Å². The normalized spacial score (nSPS) is 11.0. The van der Waals surface area contributed by atoms with Crippen molar-refractivity contribution in [2.45, 2.75) is 18.2 Å². The minimum Gasteiger partial charge on any atom is -0.481 e. The van der Waals surface area contributed by atoms with E-state index in [2.05, 4.69) is 15.3 Å². The summed E-state index contributed by atoms with van der Waals surface area (Å²) in [5.74, 6) is -0.859. The highest BCUT2D eigenvalue weighted by atomic mass is 32.2. The maximum absolute atomic E-state index is 10.8. The van der Waals surface area contributed by atoms with Gasteiger partial charge >= 0.3 is 5.97 Å². The van der Waals surface area contributed by atoms with Crippen LogP contribution < -0.4 is 0 Å². The van der Waals surface area contributed by atoms with Gasteiger partial charge in [-0.25, -0.2) is 4.98 Å². The molecule has 1 aromatic carbocycles. The molecule has 0 fully saturated rings. The molecule has 3 rings (SSSR count). The molecule has 1 N–H and O–H groups in total. The Balaban J connectivity index is 1.89. The first-order chi connectivity index (χ1) is 10.2. The van der Waals surface area contributed by atoms with E-state index in [1.54, 1.807) is 17.1 Å². The highest BCUT2D eigenvalue weighted by molar-refractivity contribution is 7.99. The number of hydrogen-bond donors (Lipinski definition) is 1.